The molecule has 94 valence electrons. The van der Waals surface area contributed by atoms with Crippen LogP contribution in [0.25, 0.3) is 0 Å². The zero-order valence-corrected chi connectivity index (χ0v) is 11.2. The summed E-state index contributed by atoms with van der Waals surface area (Å²) in [6.07, 6.45) is 3.93. The molecule has 2 aromatic rings. The Morgan fingerprint density at radius 1 is 1.00 bits per heavy atom. The minimum atomic E-state index is -0.570. The van der Waals surface area contributed by atoms with Crippen LogP contribution in [0.4, 0.5) is 0 Å². The van der Waals surface area contributed by atoms with Crippen LogP contribution in [-0.2, 0) is 5.60 Å². The van der Waals surface area contributed by atoms with E-state index in [-0.39, 0.29) is 0 Å². The molecule has 0 bridgehead atoms. The predicted octanol–water partition coefficient (Wildman–Crippen LogP) is 4.29. The molecule has 0 spiro atoms. The van der Waals surface area contributed by atoms with Crippen LogP contribution in [-0.4, -0.2) is 5.11 Å². The van der Waals surface area contributed by atoms with Gasteiger partial charge in [-0.3, -0.25) is 0 Å². The summed E-state index contributed by atoms with van der Waals surface area (Å²) in [4.78, 5) is 1.13. The zero-order valence-electron chi connectivity index (χ0n) is 10.4. The van der Waals surface area contributed by atoms with E-state index in [1.54, 1.807) is 11.3 Å². The van der Waals surface area contributed by atoms with Gasteiger partial charge < -0.3 is 5.11 Å². The quantitative estimate of drug-likeness (QED) is 0.851. The molecular formula is C16H18OS. The van der Waals surface area contributed by atoms with E-state index >= 15 is 0 Å². The van der Waals surface area contributed by atoms with Crippen LogP contribution in [0.2, 0.25) is 0 Å². The number of thiophene rings is 1. The Morgan fingerprint density at radius 3 is 2.33 bits per heavy atom. The Bertz CT molecular complexity index is 481. The fourth-order valence-electron chi connectivity index (χ4n) is 2.94. The maximum Gasteiger partial charge on any atom is 0.0988 e. The summed E-state index contributed by atoms with van der Waals surface area (Å²) >= 11 is 1.68. The monoisotopic (exact) mass is 258 g/mol. The highest BCUT2D eigenvalue weighted by molar-refractivity contribution is 7.10. The van der Waals surface area contributed by atoms with E-state index in [0.29, 0.717) is 5.92 Å². The summed E-state index contributed by atoms with van der Waals surface area (Å²) in [6.45, 7) is 0. The lowest BCUT2D eigenvalue weighted by Crippen LogP contribution is -2.29. The maximum atomic E-state index is 10.7. The van der Waals surface area contributed by atoms with Crippen LogP contribution in [0.5, 0.6) is 0 Å². The van der Waals surface area contributed by atoms with Gasteiger partial charge in [0.15, 0.2) is 0 Å². The standard InChI is InChI=1S/C16H18OS/c17-16(15-7-4-12-18-15)10-8-14(9-11-16)13-5-2-1-3-6-13/h1-7,12,14,17H,8-11H2. The molecule has 0 radical (unpaired) electrons. The molecule has 1 aliphatic carbocycles. The summed E-state index contributed by atoms with van der Waals surface area (Å²) in [5.41, 5.74) is 0.852. The Hall–Kier alpha value is -1.12. The first kappa shape index (κ1) is 11.9. The van der Waals surface area contributed by atoms with Crippen molar-refractivity contribution in [3.63, 3.8) is 0 Å². The lowest BCUT2D eigenvalue weighted by Gasteiger charge is -2.35. The van der Waals surface area contributed by atoms with Gasteiger partial charge in [0.25, 0.3) is 0 Å². The second-order valence-electron chi connectivity index (χ2n) is 5.19. The summed E-state index contributed by atoms with van der Waals surface area (Å²) in [5, 5.41) is 12.8. The van der Waals surface area contributed by atoms with Gasteiger partial charge in [0, 0.05) is 4.88 Å². The molecule has 1 aromatic heterocycles. The number of benzene rings is 1. The highest BCUT2D eigenvalue weighted by Gasteiger charge is 2.35. The molecule has 1 nitrogen and oxygen atoms in total. The van der Waals surface area contributed by atoms with Crippen LogP contribution in [0.3, 0.4) is 0 Å². The highest BCUT2D eigenvalue weighted by atomic mass is 32.1. The molecule has 1 N–H and O–H groups in total. The van der Waals surface area contributed by atoms with Gasteiger partial charge in [-0.15, -0.1) is 11.3 Å². The molecule has 18 heavy (non-hydrogen) atoms. The molecule has 0 unspecified atom stereocenters. The third-order valence-electron chi connectivity index (χ3n) is 4.06. The number of aliphatic hydroxyl groups is 1. The van der Waals surface area contributed by atoms with Gasteiger partial charge in [0.05, 0.1) is 5.60 Å². The van der Waals surface area contributed by atoms with Crippen molar-refractivity contribution in [2.24, 2.45) is 0 Å². The minimum absolute atomic E-state index is 0.570. The van der Waals surface area contributed by atoms with Crippen LogP contribution < -0.4 is 0 Å². The fraction of sp³-hybridized carbons (Fsp3) is 0.375. The molecule has 0 aliphatic heterocycles. The Balaban J connectivity index is 1.72. The van der Waals surface area contributed by atoms with Crippen LogP contribution >= 0.6 is 11.3 Å². The van der Waals surface area contributed by atoms with E-state index in [1.807, 2.05) is 6.07 Å². The van der Waals surface area contributed by atoms with Crippen molar-refractivity contribution >= 4 is 11.3 Å². The van der Waals surface area contributed by atoms with Crippen molar-refractivity contribution in [2.75, 3.05) is 0 Å². The van der Waals surface area contributed by atoms with E-state index in [9.17, 15) is 5.11 Å². The molecule has 1 heterocycles. The Morgan fingerprint density at radius 2 is 1.72 bits per heavy atom. The SMILES string of the molecule is OC1(c2cccs2)CCC(c2ccccc2)CC1. The fourth-order valence-corrected chi connectivity index (χ4v) is 3.83. The van der Waals surface area contributed by atoms with Crippen molar-refractivity contribution in [3.05, 3.63) is 58.3 Å². The molecule has 1 saturated carbocycles. The summed E-state index contributed by atoms with van der Waals surface area (Å²) in [6, 6.07) is 14.8. The van der Waals surface area contributed by atoms with Crippen LogP contribution in [0.1, 0.15) is 42.0 Å². The lowest BCUT2D eigenvalue weighted by molar-refractivity contribution is -0.00228. The Kier molecular flexibility index (Phi) is 3.23. The van der Waals surface area contributed by atoms with Crippen molar-refractivity contribution in [3.8, 4) is 0 Å². The summed E-state index contributed by atoms with van der Waals surface area (Å²) in [5.74, 6) is 0.617. The van der Waals surface area contributed by atoms with E-state index in [4.69, 9.17) is 0 Å². The van der Waals surface area contributed by atoms with E-state index in [1.165, 1.54) is 5.56 Å². The van der Waals surface area contributed by atoms with Gasteiger partial charge in [0.1, 0.15) is 0 Å². The highest BCUT2D eigenvalue weighted by Crippen LogP contribution is 2.44. The van der Waals surface area contributed by atoms with E-state index in [2.05, 4.69) is 41.8 Å². The molecule has 2 heteroatoms. The molecular weight excluding hydrogens is 240 g/mol. The third kappa shape index (κ3) is 2.23. The van der Waals surface area contributed by atoms with Gasteiger partial charge in [0.2, 0.25) is 0 Å². The van der Waals surface area contributed by atoms with Gasteiger partial charge in [-0.05, 0) is 48.6 Å². The van der Waals surface area contributed by atoms with E-state index < -0.39 is 5.60 Å². The van der Waals surface area contributed by atoms with Crippen LogP contribution in [0.15, 0.2) is 47.8 Å². The topological polar surface area (TPSA) is 20.2 Å². The normalized spacial score (nSPS) is 28.2. The molecule has 1 fully saturated rings. The van der Waals surface area contributed by atoms with E-state index in [0.717, 1.165) is 30.6 Å². The third-order valence-corrected chi connectivity index (χ3v) is 5.13. The average molecular weight is 258 g/mol. The van der Waals surface area contributed by atoms with Gasteiger partial charge in [-0.1, -0.05) is 36.4 Å². The smallest absolute Gasteiger partial charge is 0.0988 e. The first-order chi connectivity index (χ1) is 8.78. The second kappa shape index (κ2) is 4.87. The predicted molar refractivity (Wildman–Crippen MR) is 75.9 cm³/mol. The lowest BCUT2D eigenvalue weighted by atomic mass is 9.75. The number of rotatable bonds is 2. The minimum Gasteiger partial charge on any atom is -0.384 e. The van der Waals surface area contributed by atoms with Crippen molar-refractivity contribution in [1.82, 2.24) is 0 Å². The molecule has 1 aromatic carbocycles. The zero-order chi connectivity index (χ0) is 12.4. The number of hydrogen-bond donors (Lipinski definition) is 1. The van der Waals surface area contributed by atoms with Crippen molar-refractivity contribution in [1.29, 1.82) is 0 Å². The first-order valence-electron chi connectivity index (χ1n) is 6.59. The summed E-state index contributed by atoms with van der Waals surface area (Å²) < 4.78 is 0. The van der Waals surface area contributed by atoms with Gasteiger partial charge in [-0.2, -0.15) is 0 Å². The van der Waals surface area contributed by atoms with Crippen molar-refractivity contribution in [2.45, 2.75) is 37.2 Å². The number of hydrogen-bond acceptors (Lipinski definition) is 2. The summed E-state index contributed by atoms with van der Waals surface area (Å²) in [7, 11) is 0. The largest absolute Gasteiger partial charge is 0.384 e. The van der Waals surface area contributed by atoms with Crippen molar-refractivity contribution < 1.29 is 5.11 Å². The average Bonchev–Trinajstić information content (AvgIpc) is 2.95. The Labute approximate surface area is 112 Å². The van der Waals surface area contributed by atoms with Crippen LogP contribution in [0, 0.1) is 0 Å². The first-order valence-corrected chi connectivity index (χ1v) is 7.47. The second-order valence-corrected chi connectivity index (χ2v) is 6.14. The maximum absolute atomic E-state index is 10.7. The van der Waals surface area contributed by atoms with Gasteiger partial charge >= 0.3 is 0 Å². The molecule has 3 rings (SSSR count). The molecule has 0 amide bonds. The molecule has 1 aliphatic rings. The van der Waals surface area contributed by atoms with Gasteiger partial charge in [-0.25, -0.2) is 0 Å². The molecule has 0 saturated heterocycles. The molecule has 0 atom stereocenters.